The van der Waals surface area contributed by atoms with Gasteiger partial charge in [0.05, 0.1) is 15.6 Å². The summed E-state index contributed by atoms with van der Waals surface area (Å²) in [5.74, 6) is -0.372. The van der Waals surface area contributed by atoms with Gasteiger partial charge < -0.3 is 0 Å². The second kappa shape index (κ2) is 5.14. The maximum atomic E-state index is 11.6. The predicted octanol–water partition coefficient (Wildman–Crippen LogP) is 3.12. The van der Waals surface area contributed by atoms with Gasteiger partial charge in [-0.2, -0.15) is 5.10 Å². The van der Waals surface area contributed by atoms with Gasteiger partial charge in [0.25, 0.3) is 5.91 Å². The Bertz CT molecular complexity index is 412. The predicted molar refractivity (Wildman–Crippen MR) is 62.7 cm³/mol. The van der Waals surface area contributed by atoms with Crippen molar-refractivity contribution in [2.75, 3.05) is 0 Å². The number of rotatable bonds is 2. The van der Waals surface area contributed by atoms with Gasteiger partial charge >= 0.3 is 0 Å². The van der Waals surface area contributed by atoms with Crippen molar-refractivity contribution >= 4 is 34.8 Å². The van der Waals surface area contributed by atoms with Crippen LogP contribution in [-0.2, 0) is 0 Å². The van der Waals surface area contributed by atoms with Crippen molar-refractivity contribution in [2.24, 2.45) is 5.10 Å². The second-order valence-corrected chi connectivity index (χ2v) is 3.89. The smallest absolute Gasteiger partial charge is 0.267 e. The van der Waals surface area contributed by atoms with Crippen molar-refractivity contribution in [3.8, 4) is 0 Å². The fourth-order valence-electron chi connectivity index (χ4n) is 0.902. The molecule has 0 spiro atoms. The van der Waals surface area contributed by atoms with Crippen molar-refractivity contribution in [3.05, 3.63) is 33.8 Å². The van der Waals surface area contributed by atoms with E-state index in [4.69, 9.17) is 23.2 Å². The first-order valence-corrected chi connectivity index (χ1v) is 5.03. The summed E-state index contributed by atoms with van der Waals surface area (Å²) in [6, 6.07) is 4.87. The average Bonchev–Trinajstić information content (AvgIpc) is 2.18. The number of hydrazone groups is 1. The number of hydrogen-bond donors (Lipinski definition) is 1. The maximum absolute atomic E-state index is 11.6. The Hall–Kier alpha value is -1.06. The van der Waals surface area contributed by atoms with Crippen LogP contribution in [0.4, 0.5) is 0 Å². The third kappa shape index (κ3) is 3.22. The van der Waals surface area contributed by atoms with Crippen molar-refractivity contribution in [1.29, 1.82) is 0 Å². The minimum absolute atomic E-state index is 0.237. The Balaban J connectivity index is 2.92. The summed E-state index contributed by atoms with van der Waals surface area (Å²) in [7, 11) is 0. The summed E-state index contributed by atoms with van der Waals surface area (Å²) in [6.45, 7) is 3.56. The lowest BCUT2D eigenvalue weighted by atomic mass is 10.2. The number of halogens is 2. The molecule has 1 aromatic rings. The Morgan fingerprint density at radius 2 is 2.00 bits per heavy atom. The lowest BCUT2D eigenvalue weighted by Crippen LogP contribution is -2.18. The highest BCUT2D eigenvalue weighted by Crippen LogP contribution is 2.25. The molecule has 0 fully saturated rings. The zero-order valence-corrected chi connectivity index (χ0v) is 9.86. The van der Waals surface area contributed by atoms with Gasteiger partial charge in [0.1, 0.15) is 0 Å². The van der Waals surface area contributed by atoms with Gasteiger partial charge in [0.2, 0.25) is 0 Å². The molecular formula is C10H10Cl2N2O. The van der Waals surface area contributed by atoms with Crippen LogP contribution in [0.5, 0.6) is 0 Å². The molecule has 1 rings (SSSR count). The van der Waals surface area contributed by atoms with E-state index >= 15 is 0 Å². The highest BCUT2D eigenvalue weighted by atomic mass is 35.5. The standard InChI is InChI=1S/C10H10Cl2N2O/c1-6(2)13-14-10(15)7-4-3-5-8(11)9(7)12/h3-5H,1-2H3,(H,14,15). The van der Waals surface area contributed by atoms with E-state index < -0.39 is 0 Å². The van der Waals surface area contributed by atoms with Crippen LogP contribution in [-0.4, -0.2) is 11.6 Å². The van der Waals surface area contributed by atoms with Crippen molar-refractivity contribution in [2.45, 2.75) is 13.8 Å². The van der Waals surface area contributed by atoms with Gasteiger partial charge in [-0.15, -0.1) is 0 Å². The Labute approximate surface area is 98.1 Å². The van der Waals surface area contributed by atoms with Gasteiger partial charge in [0.15, 0.2) is 0 Å². The molecule has 0 aliphatic heterocycles. The lowest BCUT2D eigenvalue weighted by molar-refractivity contribution is 0.0955. The maximum Gasteiger partial charge on any atom is 0.272 e. The van der Waals surface area contributed by atoms with Gasteiger partial charge in [-0.05, 0) is 26.0 Å². The SMILES string of the molecule is CC(C)=NNC(=O)c1cccc(Cl)c1Cl. The molecule has 0 unspecified atom stereocenters. The first-order valence-electron chi connectivity index (χ1n) is 4.27. The molecule has 15 heavy (non-hydrogen) atoms. The Morgan fingerprint density at radius 3 is 2.60 bits per heavy atom. The van der Waals surface area contributed by atoms with Crippen LogP contribution in [0.2, 0.25) is 10.0 Å². The molecule has 1 N–H and O–H groups in total. The number of nitrogens with zero attached hydrogens (tertiary/aromatic N) is 1. The van der Waals surface area contributed by atoms with Gasteiger partial charge in [-0.25, -0.2) is 5.43 Å². The third-order valence-electron chi connectivity index (χ3n) is 1.58. The average molecular weight is 245 g/mol. The van der Waals surface area contributed by atoms with Crippen LogP contribution < -0.4 is 5.43 Å². The number of hydrogen-bond acceptors (Lipinski definition) is 2. The van der Waals surface area contributed by atoms with E-state index in [1.807, 2.05) is 0 Å². The van der Waals surface area contributed by atoms with Crippen molar-refractivity contribution < 1.29 is 4.79 Å². The van der Waals surface area contributed by atoms with E-state index in [0.717, 1.165) is 5.71 Å². The number of benzene rings is 1. The van der Waals surface area contributed by atoms with Crippen LogP contribution in [0.1, 0.15) is 24.2 Å². The van der Waals surface area contributed by atoms with Crippen LogP contribution in [0, 0.1) is 0 Å². The summed E-state index contributed by atoms with van der Waals surface area (Å²) >= 11 is 11.6. The molecule has 0 saturated heterocycles. The second-order valence-electron chi connectivity index (χ2n) is 3.10. The molecule has 0 aliphatic rings. The first kappa shape index (κ1) is 12.0. The van der Waals surface area contributed by atoms with Crippen molar-refractivity contribution in [3.63, 3.8) is 0 Å². The minimum atomic E-state index is -0.372. The summed E-state index contributed by atoms with van der Waals surface area (Å²) in [5, 5.41) is 4.37. The molecule has 1 amide bonds. The minimum Gasteiger partial charge on any atom is -0.267 e. The Morgan fingerprint density at radius 1 is 1.33 bits per heavy atom. The molecule has 80 valence electrons. The number of carbonyl (C=O) groups is 1. The summed E-state index contributed by atoms with van der Waals surface area (Å²) in [5.41, 5.74) is 3.44. The molecule has 5 heteroatoms. The molecule has 0 aromatic heterocycles. The lowest BCUT2D eigenvalue weighted by Gasteiger charge is -2.03. The van der Waals surface area contributed by atoms with Crippen LogP contribution in [0.3, 0.4) is 0 Å². The molecule has 0 heterocycles. The zero-order valence-electron chi connectivity index (χ0n) is 8.34. The number of carbonyl (C=O) groups excluding carboxylic acids is 1. The third-order valence-corrected chi connectivity index (χ3v) is 2.40. The molecular weight excluding hydrogens is 235 g/mol. The number of nitrogens with one attached hydrogen (secondary N) is 1. The molecule has 1 aromatic carbocycles. The summed E-state index contributed by atoms with van der Waals surface area (Å²) < 4.78 is 0. The van der Waals surface area contributed by atoms with E-state index in [9.17, 15) is 4.79 Å². The van der Waals surface area contributed by atoms with Crippen molar-refractivity contribution in [1.82, 2.24) is 5.43 Å². The molecule has 0 bridgehead atoms. The Kier molecular flexibility index (Phi) is 4.12. The monoisotopic (exact) mass is 244 g/mol. The van der Waals surface area contributed by atoms with E-state index in [2.05, 4.69) is 10.5 Å². The fourth-order valence-corrected chi connectivity index (χ4v) is 1.29. The zero-order chi connectivity index (χ0) is 11.4. The van der Waals surface area contributed by atoms with E-state index in [1.54, 1.807) is 32.0 Å². The van der Waals surface area contributed by atoms with Gasteiger partial charge in [0, 0.05) is 5.71 Å². The topological polar surface area (TPSA) is 41.5 Å². The molecule has 3 nitrogen and oxygen atoms in total. The van der Waals surface area contributed by atoms with E-state index in [1.165, 1.54) is 0 Å². The first-order chi connectivity index (χ1) is 7.02. The molecule has 0 aliphatic carbocycles. The summed E-state index contributed by atoms with van der Waals surface area (Å²) in [4.78, 5) is 11.6. The van der Waals surface area contributed by atoms with E-state index in [0.29, 0.717) is 10.6 Å². The number of amides is 1. The quantitative estimate of drug-likeness (QED) is 0.631. The highest BCUT2D eigenvalue weighted by Gasteiger charge is 2.11. The summed E-state index contributed by atoms with van der Waals surface area (Å²) in [6.07, 6.45) is 0. The van der Waals surface area contributed by atoms with Crippen LogP contribution >= 0.6 is 23.2 Å². The molecule has 0 radical (unpaired) electrons. The highest BCUT2D eigenvalue weighted by molar-refractivity contribution is 6.43. The molecule has 0 saturated carbocycles. The normalized spacial score (nSPS) is 9.60. The van der Waals surface area contributed by atoms with Gasteiger partial charge in [-0.3, -0.25) is 4.79 Å². The van der Waals surface area contributed by atoms with Crippen LogP contribution in [0.15, 0.2) is 23.3 Å². The molecule has 0 atom stereocenters. The van der Waals surface area contributed by atoms with Crippen LogP contribution in [0.25, 0.3) is 0 Å². The fraction of sp³-hybridized carbons (Fsp3) is 0.200. The van der Waals surface area contributed by atoms with E-state index in [-0.39, 0.29) is 10.9 Å². The largest absolute Gasteiger partial charge is 0.272 e. The van der Waals surface area contributed by atoms with Gasteiger partial charge in [-0.1, -0.05) is 29.3 Å².